The first kappa shape index (κ1) is 31.6. The maximum absolute atomic E-state index is 6.19. The van der Waals surface area contributed by atoms with Crippen molar-refractivity contribution in [1.29, 1.82) is 0 Å². The van der Waals surface area contributed by atoms with Crippen LogP contribution >= 0.6 is 0 Å². The standard InChI is InChI=1S/C52H35NO/c1-2-11-43-34-48(32-27-36(43)9-1)53(47-30-25-39(26-31-47)42-14-7-15-44(33-42)52-35-45-12-4-6-18-51(45)54-52)46-28-23-38(24-29-46)37-19-21-41(22-20-37)50-17-8-13-40-10-3-5-16-49(40)50/h1-35H. The lowest BCUT2D eigenvalue weighted by Crippen LogP contribution is -2.09. The van der Waals surface area contributed by atoms with Gasteiger partial charge in [-0.1, -0.05) is 158 Å². The number of furan rings is 1. The highest BCUT2D eigenvalue weighted by Gasteiger charge is 2.15. The van der Waals surface area contributed by atoms with Crippen molar-refractivity contribution < 1.29 is 4.42 Å². The van der Waals surface area contributed by atoms with E-state index in [-0.39, 0.29) is 0 Å². The Labute approximate surface area is 314 Å². The Morgan fingerprint density at radius 2 is 0.833 bits per heavy atom. The Balaban J connectivity index is 0.976. The molecule has 54 heavy (non-hydrogen) atoms. The van der Waals surface area contributed by atoms with Crippen LogP contribution in [0.25, 0.3) is 77.2 Å². The number of benzene rings is 9. The number of hydrogen-bond donors (Lipinski definition) is 0. The fraction of sp³-hybridized carbons (Fsp3) is 0. The van der Waals surface area contributed by atoms with Crippen LogP contribution in [0.4, 0.5) is 17.1 Å². The number of hydrogen-bond acceptors (Lipinski definition) is 2. The minimum Gasteiger partial charge on any atom is -0.456 e. The topological polar surface area (TPSA) is 16.4 Å². The van der Waals surface area contributed by atoms with Gasteiger partial charge in [0.2, 0.25) is 0 Å². The first-order chi connectivity index (χ1) is 26.7. The molecule has 0 aliphatic heterocycles. The summed E-state index contributed by atoms with van der Waals surface area (Å²) >= 11 is 0. The van der Waals surface area contributed by atoms with E-state index in [2.05, 4.69) is 199 Å². The molecule has 0 aliphatic carbocycles. The summed E-state index contributed by atoms with van der Waals surface area (Å²) in [5.41, 5.74) is 12.4. The minimum absolute atomic E-state index is 0.876. The Morgan fingerprint density at radius 1 is 0.296 bits per heavy atom. The second-order valence-corrected chi connectivity index (χ2v) is 13.8. The Kier molecular flexibility index (Phi) is 7.85. The van der Waals surface area contributed by atoms with Crippen LogP contribution in [0.5, 0.6) is 0 Å². The lowest BCUT2D eigenvalue weighted by atomic mass is 9.96. The highest BCUT2D eigenvalue weighted by atomic mass is 16.3. The average molecular weight is 690 g/mol. The summed E-state index contributed by atoms with van der Waals surface area (Å²) in [5.74, 6) is 0.876. The number of rotatable bonds is 7. The van der Waals surface area contributed by atoms with E-state index in [1.54, 1.807) is 0 Å². The van der Waals surface area contributed by atoms with Crippen LogP contribution in [0, 0.1) is 0 Å². The molecule has 0 saturated heterocycles. The summed E-state index contributed by atoms with van der Waals surface area (Å²) in [6.07, 6.45) is 0. The van der Waals surface area contributed by atoms with Crippen molar-refractivity contribution in [2.24, 2.45) is 0 Å². The normalized spacial score (nSPS) is 11.3. The van der Waals surface area contributed by atoms with Crippen LogP contribution in [0.3, 0.4) is 0 Å². The third kappa shape index (κ3) is 5.90. The fourth-order valence-corrected chi connectivity index (χ4v) is 7.66. The second kappa shape index (κ2) is 13.4. The van der Waals surface area contributed by atoms with Crippen molar-refractivity contribution in [3.8, 4) is 44.7 Å². The van der Waals surface area contributed by atoms with Gasteiger partial charge in [0, 0.05) is 28.0 Å². The molecule has 0 atom stereocenters. The molecule has 2 heteroatoms. The van der Waals surface area contributed by atoms with Crippen LogP contribution in [0.15, 0.2) is 217 Å². The van der Waals surface area contributed by atoms with E-state index in [4.69, 9.17) is 4.42 Å². The van der Waals surface area contributed by atoms with Crippen LogP contribution < -0.4 is 4.90 Å². The molecule has 0 N–H and O–H groups in total. The summed E-state index contributed by atoms with van der Waals surface area (Å²) in [7, 11) is 0. The quantitative estimate of drug-likeness (QED) is 0.166. The lowest BCUT2D eigenvalue weighted by molar-refractivity contribution is 0.631. The number of para-hydroxylation sites is 1. The second-order valence-electron chi connectivity index (χ2n) is 13.8. The van der Waals surface area contributed by atoms with E-state index >= 15 is 0 Å². The maximum Gasteiger partial charge on any atom is 0.135 e. The average Bonchev–Trinajstić information content (AvgIpc) is 3.69. The van der Waals surface area contributed by atoms with E-state index in [1.165, 1.54) is 43.8 Å². The number of fused-ring (bicyclic) bond motifs is 3. The molecule has 0 amide bonds. The zero-order valence-electron chi connectivity index (χ0n) is 29.6. The summed E-state index contributed by atoms with van der Waals surface area (Å²) in [5, 5.41) is 6.08. The molecule has 0 spiro atoms. The molecule has 254 valence electrons. The molecule has 2 nitrogen and oxygen atoms in total. The molecular formula is C52H35NO. The van der Waals surface area contributed by atoms with Gasteiger partial charge in [0.25, 0.3) is 0 Å². The fourth-order valence-electron chi connectivity index (χ4n) is 7.66. The van der Waals surface area contributed by atoms with E-state index in [1.807, 2.05) is 18.2 Å². The van der Waals surface area contributed by atoms with E-state index in [0.29, 0.717) is 0 Å². The van der Waals surface area contributed by atoms with Crippen molar-refractivity contribution in [1.82, 2.24) is 0 Å². The molecule has 9 aromatic carbocycles. The van der Waals surface area contributed by atoms with Gasteiger partial charge in [-0.15, -0.1) is 0 Å². The molecule has 10 rings (SSSR count). The van der Waals surface area contributed by atoms with Gasteiger partial charge in [-0.2, -0.15) is 0 Å². The van der Waals surface area contributed by atoms with Crippen molar-refractivity contribution in [2.75, 3.05) is 4.90 Å². The van der Waals surface area contributed by atoms with Gasteiger partial charge in [-0.3, -0.25) is 0 Å². The van der Waals surface area contributed by atoms with E-state index in [0.717, 1.165) is 50.5 Å². The van der Waals surface area contributed by atoms with Gasteiger partial charge >= 0.3 is 0 Å². The monoisotopic (exact) mass is 689 g/mol. The molecule has 1 aromatic heterocycles. The van der Waals surface area contributed by atoms with Gasteiger partial charge in [-0.05, 0) is 110 Å². The number of nitrogens with zero attached hydrogens (tertiary/aromatic N) is 1. The molecule has 0 fully saturated rings. The first-order valence-electron chi connectivity index (χ1n) is 18.4. The predicted molar refractivity (Wildman–Crippen MR) is 228 cm³/mol. The Morgan fingerprint density at radius 3 is 1.57 bits per heavy atom. The third-order valence-corrected chi connectivity index (χ3v) is 10.5. The third-order valence-electron chi connectivity index (χ3n) is 10.5. The molecular weight excluding hydrogens is 655 g/mol. The summed E-state index contributed by atoms with van der Waals surface area (Å²) in [4.78, 5) is 2.34. The molecule has 10 aromatic rings. The molecule has 0 aliphatic rings. The summed E-state index contributed by atoms with van der Waals surface area (Å²) < 4.78 is 6.19. The minimum atomic E-state index is 0.876. The maximum atomic E-state index is 6.19. The predicted octanol–water partition coefficient (Wildman–Crippen LogP) is 14.9. The molecule has 0 unspecified atom stereocenters. The highest BCUT2D eigenvalue weighted by Crippen LogP contribution is 2.39. The van der Waals surface area contributed by atoms with E-state index < -0.39 is 0 Å². The van der Waals surface area contributed by atoms with E-state index in [9.17, 15) is 0 Å². The van der Waals surface area contributed by atoms with Crippen LogP contribution in [0.1, 0.15) is 0 Å². The van der Waals surface area contributed by atoms with Crippen molar-refractivity contribution in [3.05, 3.63) is 212 Å². The van der Waals surface area contributed by atoms with Crippen LogP contribution in [-0.2, 0) is 0 Å². The molecule has 0 saturated carbocycles. The van der Waals surface area contributed by atoms with Gasteiger partial charge in [0.15, 0.2) is 0 Å². The Hall–Kier alpha value is -7.16. The van der Waals surface area contributed by atoms with Crippen molar-refractivity contribution in [2.45, 2.75) is 0 Å². The highest BCUT2D eigenvalue weighted by molar-refractivity contribution is 5.97. The summed E-state index contributed by atoms with van der Waals surface area (Å²) in [6.45, 7) is 0. The number of anilines is 3. The molecule has 1 heterocycles. The SMILES string of the molecule is c1cc(-c2ccc(N(c3ccc(-c4ccc(-c5cccc6ccccc56)cc4)cc3)c3ccc4ccccc4c3)cc2)cc(-c2cc3ccccc3o2)c1. The van der Waals surface area contributed by atoms with Crippen LogP contribution in [-0.4, -0.2) is 0 Å². The Bertz CT molecular complexity index is 2880. The zero-order chi connectivity index (χ0) is 35.8. The van der Waals surface area contributed by atoms with Gasteiger partial charge in [0.05, 0.1) is 0 Å². The van der Waals surface area contributed by atoms with Gasteiger partial charge in [-0.25, -0.2) is 0 Å². The lowest BCUT2D eigenvalue weighted by Gasteiger charge is -2.26. The molecule has 0 radical (unpaired) electrons. The first-order valence-corrected chi connectivity index (χ1v) is 18.4. The summed E-state index contributed by atoms with van der Waals surface area (Å²) in [6, 6.07) is 75.9. The van der Waals surface area contributed by atoms with Gasteiger partial charge in [0.1, 0.15) is 11.3 Å². The van der Waals surface area contributed by atoms with Crippen molar-refractivity contribution in [3.63, 3.8) is 0 Å². The smallest absolute Gasteiger partial charge is 0.135 e. The largest absolute Gasteiger partial charge is 0.456 e. The van der Waals surface area contributed by atoms with Crippen LogP contribution in [0.2, 0.25) is 0 Å². The van der Waals surface area contributed by atoms with Gasteiger partial charge < -0.3 is 9.32 Å². The zero-order valence-corrected chi connectivity index (χ0v) is 29.6. The van der Waals surface area contributed by atoms with Crippen molar-refractivity contribution >= 4 is 49.6 Å². The molecule has 0 bridgehead atoms.